The summed E-state index contributed by atoms with van der Waals surface area (Å²) in [5.41, 5.74) is 1.14. The molecule has 0 aromatic heterocycles. The molecule has 0 saturated heterocycles. The van der Waals surface area contributed by atoms with Crippen LogP contribution in [0.1, 0.15) is 18.1 Å². The van der Waals surface area contributed by atoms with Crippen molar-refractivity contribution >= 4 is 23.2 Å². The van der Waals surface area contributed by atoms with Crippen molar-refractivity contribution in [2.24, 2.45) is 0 Å². The van der Waals surface area contributed by atoms with Gasteiger partial charge in [-0.3, -0.25) is 4.79 Å². The summed E-state index contributed by atoms with van der Waals surface area (Å²) in [6.07, 6.45) is -0.936. The summed E-state index contributed by atoms with van der Waals surface area (Å²) in [6.45, 7) is 5.14. The monoisotopic (exact) mass is 339 g/mol. The average Bonchev–Trinajstić information content (AvgIpc) is 2.48. The van der Waals surface area contributed by atoms with Crippen LogP contribution in [0.15, 0.2) is 30.3 Å². The largest absolute Gasteiger partial charge is 0.481 e. The first kappa shape index (κ1) is 17.2. The van der Waals surface area contributed by atoms with E-state index in [1.54, 1.807) is 12.1 Å². The molecule has 0 aliphatic carbocycles. The van der Waals surface area contributed by atoms with E-state index >= 15 is 0 Å². The summed E-state index contributed by atoms with van der Waals surface area (Å²) in [4.78, 5) is 12.1. The highest BCUT2D eigenvalue weighted by Gasteiger charge is 2.19. The molecule has 0 saturated carbocycles. The van der Waals surface area contributed by atoms with Crippen molar-refractivity contribution in [3.63, 3.8) is 0 Å². The molecule has 1 N–H and O–H groups in total. The van der Waals surface area contributed by atoms with E-state index < -0.39 is 29.3 Å². The molecule has 2 aromatic rings. The molecule has 23 heavy (non-hydrogen) atoms. The van der Waals surface area contributed by atoms with E-state index in [1.807, 2.05) is 13.8 Å². The summed E-state index contributed by atoms with van der Waals surface area (Å²) in [7, 11) is 0. The Balaban J connectivity index is 2.12. The van der Waals surface area contributed by atoms with Crippen molar-refractivity contribution in [1.29, 1.82) is 0 Å². The Morgan fingerprint density at radius 1 is 1.17 bits per heavy atom. The van der Waals surface area contributed by atoms with E-state index in [-0.39, 0.29) is 0 Å². The zero-order chi connectivity index (χ0) is 17.1. The number of carbonyl (C=O) groups excluding carboxylic acids is 1. The molecule has 0 spiro atoms. The third-order valence-electron chi connectivity index (χ3n) is 3.30. The zero-order valence-electron chi connectivity index (χ0n) is 12.9. The first-order valence-electron chi connectivity index (χ1n) is 6.98. The zero-order valence-corrected chi connectivity index (χ0v) is 13.7. The van der Waals surface area contributed by atoms with Crippen LogP contribution in [0.5, 0.6) is 5.75 Å². The Labute approximate surface area is 138 Å². The van der Waals surface area contributed by atoms with Gasteiger partial charge in [0.15, 0.2) is 6.10 Å². The normalized spacial score (nSPS) is 11.9. The summed E-state index contributed by atoms with van der Waals surface area (Å²) < 4.78 is 32.6. The van der Waals surface area contributed by atoms with Crippen LogP contribution in [0.2, 0.25) is 5.02 Å². The van der Waals surface area contributed by atoms with Crippen LogP contribution in [0.25, 0.3) is 0 Å². The Morgan fingerprint density at radius 3 is 2.22 bits per heavy atom. The number of nitrogens with one attached hydrogen (secondary N) is 1. The number of halogens is 3. The molecule has 2 aromatic carbocycles. The molecular weight excluding hydrogens is 324 g/mol. The van der Waals surface area contributed by atoms with E-state index in [2.05, 4.69) is 5.32 Å². The average molecular weight is 340 g/mol. The van der Waals surface area contributed by atoms with Crippen LogP contribution in [0, 0.1) is 25.5 Å². The summed E-state index contributed by atoms with van der Waals surface area (Å²) in [6, 6.07) is 6.75. The highest BCUT2D eigenvalue weighted by molar-refractivity contribution is 6.32. The van der Waals surface area contributed by atoms with Gasteiger partial charge in [0, 0.05) is 5.02 Å². The third kappa shape index (κ3) is 3.99. The molecule has 1 atom stereocenters. The molecule has 0 bridgehead atoms. The van der Waals surface area contributed by atoms with Gasteiger partial charge in [0.05, 0.1) is 0 Å². The molecule has 2 rings (SSSR count). The Kier molecular flexibility index (Phi) is 5.21. The molecule has 0 aliphatic rings. The van der Waals surface area contributed by atoms with E-state index in [9.17, 15) is 13.6 Å². The maximum Gasteiger partial charge on any atom is 0.265 e. The quantitative estimate of drug-likeness (QED) is 0.881. The number of aryl methyl sites for hydroxylation is 2. The number of hydrogen-bond acceptors (Lipinski definition) is 2. The third-order valence-corrected chi connectivity index (χ3v) is 3.90. The molecule has 6 heteroatoms. The molecule has 0 heterocycles. The second-order valence-electron chi connectivity index (χ2n) is 5.22. The van der Waals surface area contributed by atoms with Crippen LogP contribution in [0.3, 0.4) is 0 Å². The lowest BCUT2D eigenvalue weighted by atomic mass is 10.1. The number of carbonyl (C=O) groups is 1. The Morgan fingerprint density at radius 2 is 1.70 bits per heavy atom. The highest BCUT2D eigenvalue weighted by atomic mass is 35.5. The molecule has 1 unspecified atom stereocenters. The van der Waals surface area contributed by atoms with Crippen LogP contribution in [-0.4, -0.2) is 12.0 Å². The number of benzene rings is 2. The van der Waals surface area contributed by atoms with Crippen LogP contribution in [0.4, 0.5) is 14.5 Å². The Bertz CT molecular complexity index is 706. The standard InChI is InChI=1S/C17H16ClF2NO2/c1-9-7-12(8-10(2)15(9)18)23-11(3)17(22)21-16-13(19)5-4-6-14(16)20/h4-8,11H,1-3H3,(H,21,22). The summed E-state index contributed by atoms with van der Waals surface area (Å²) in [5, 5.41) is 2.83. The van der Waals surface area contributed by atoms with Gasteiger partial charge in [-0.2, -0.15) is 0 Å². The minimum absolute atomic E-state index is 0.459. The van der Waals surface area contributed by atoms with Gasteiger partial charge in [-0.15, -0.1) is 0 Å². The predicted molar refractivity (Wildman–Crippen MR) is 86.0 cm³/mol. The molecule has 3 nitrogen and oxygen atoms in total. The topological polar surface area (TPSA) is 38.3 Å². The number of hydrogen-bond donors (Lipinski definition) is 1. The van der Waals surface area contributed by atoms with Gasteiger partial charge >= 0.3 is 0 Å². The van der Waals surface area contributed by atoms with Gasteiger partial charge in [0.25, 0.3) is 5.91 Å². The van der Waals surface area contributed by atoms with Gasteiger partial charge in [-0.05, 0) is 56.2 Å². The molecular formula is C17H16ClF2NO2. The first-order valence-corrected chi connectivity index (χ1v) is 7.35. The van der Waals surface area contributed by atoms with Crippen molar-refractivity contribution in [3.05, 3.63) is 58.1 Å². The predicted octanol–water partition coefficient (Wildman–Crippen LogP) is 4.64. The van der Waals surface area contributed by atoms with E-state index in [0.29, 0.717) is 10.8 Å². The SMILES string of the molecule is Cc1cc(OC(C)C(=O)Nc2c(F)cccc2F)cc(C)c1Cl. The summed E-state index contributed by atoms with van der Waals surface area (Å²) in [5.74, 6) is -1.88. The lowest BCUT2D eigenvalue weighted by molar-refractivity contribution is -0.122. The molecule has 0 aliphatic heterocycles. The van der Waals surface area contributed by atoms with Crippen molar-refractivity contribution < 1.29 is 18.3 Å². The number of amides is 1. The first-order chi connectivity index (χ1) is 10.8. The van der Waals surface area contributed by atoms with Gasteiger partial charge in [-0.1, -0.05) is 17.7 Å². The molecule has 122 valence electrons. The van der Waals surface area contributed by atoms with Gasteiger partial charge < -0.3 is 10.1 Å². The van der Waals surface area contributed by atoms with E-state index in [4.69, 9.17) is 16.3 Å². The van der Waals surface area contributed by atoms with Crippen LogP contribution < -0.4 is 10.1 Å². The minimum atomic E-state index is -0.936. The fourth-order valence-corrected chi connectivity index (χ4v) is 2.18. The lowest BCUT2D eigenvalue weighted by Gasteiger charge is -2.16. The van der Waals surface area contributed by atoms with Crippen molar-refractivity contribution in [2.45, 2.75) is 26.9 Å². The fourth-order valence-electron chi connectivity index (χ4n) is 2.07. The smallest absolute Gasteiger partial charge is 0.265 e. The number of ether oxygens (including phenoxy) is 1. The maximum atomic E-state index is 13.5. The van der Waals surface area contributed by atoms with Gasteiger partial charge in [0.2, 0.25) is 0 Å². The van der Waals surface area contributed by atoms with E-state index in [1.165, 1.54) is 13.0 Å². The maximum absolute atomic E-state index is 13.5. The number of rotatable bonds is 4. The molecule has 0 fully saturated rings. The van der Waals surface area contributed by atoms with Crippen molar-refractivity contribution in [2.75, 3.05) is 5.32 Å². The Hall–Kier alpha value is -2.14. The van der Waals surface area contributed by atoms with E-state index in [0.717, 1.165) is 23.3 Å². The highest BCUT2D eigenvalue weighted by Crippen LogP contribution is 2.26. The molecule has 1 amide bonds. The number of anilines is 1. The fraction of sp³-hybridized carbons (Fsp3) is 0.235. The van der Waals surface area contributed by atoms with Gasteiger partial charge in [0.1, 0.15) is 23.1 Å². The van der Waals surface area contributed by atoms with Crippen molar-refractivity contribution in [1.82, 2.24) is 0 Å². The second kappa shape index (κ2) is 6.96. The summed E-state index contributed by atoms with van der Waals surface area (Å²) >= 11 is 6.07. The minimum Gasteiger partial charge on any atom is -0.481 e. The lowest BCUT2D eigenvalue weighted by Crippen LogP contribution is -2.30. The number of para-hydroxylation sites is 1. The molecule has 0 radical (unpaired) electrons. The van der Waals surface area contributed by atoms with Gasteiger partial charge in [-0.25, -0.2) is 8.78 Å². The second-order valence-corrected chi connectivity index (χ2v) is 5.60. The van der Waals surface area contributed by atoms with Crippen LogP contribution in [-0.2, 0) is 4.79 Å². The van der Waals surface area contributed by atoms with Crippen LogP contribution >= 0.6 is 11.6 Å². The van der Waals surface area contributed by atoms with Crippen molar-refractivity contribution in [3.8, 4) is 5.75 Å².